The van der Waals surface area contributed by atoms with E-state index in [2.05, 4.69) is 21.3 Å². The van der Waals surface area contributed by atoms with Gasteiger partial charge in [0.1, 0.15) is 5.82 Å². The Bertz CT molecular complexity index is 541. The zero-order valence-corrected chi connectivity index (χ0v) is 11.3. The number of hydrogen-bond donors (Lipinski definition) is 1. The predicted octanol–water partition coefficient (Wildman–Crippen LogP) is 2.37. The zero-order chi connectivity index (χ0) is 13.8. The molecule has 1 fully saturated rings. The summed E-state index contributed by atoms with van der Waals surface area (Å²) < 4.78 is 13.0. The Kier molecular flexibility index (Phi) is 4.04. The summed E-state index contributed by atoms with van der Waals surface area (Å²) in [5.41, 5.74) is 2.36. The van der Waals surface area contributed by atoms with Crippen LogP contribution in [0.15, 0.2) is 48.8 Å². The van der Waals surface area contributed by atoms with Crippen molar-refractivity contribution in [3.8, 4) is 0 Å². The van der Waals surface area contributed by atoms with Crippen LogP contribution in [-0.2, 0) is 6.54 Å². The van der Waals surface area contributed by atoms with Crippen LogP contribution in [-0.4, -0.2) is 29.5 Å². The highest BCUT2D eigenvalue weighted by Crippen LogP contribution is 2.23. The number of aromatic nitrogens is 1. The molecule has 1 unspecified atom stereocenters. The molecule has 0 bridgehead atoms. The van der Waals surface area contributed by atoms with E-state index in [-0.39, 0.29) is 5.82 Å². The Morgan fingerprint density at radius 1 is 1.25 bits per heavy atom. The number of rotatable bonds is 3. The topological polar surface area (TPSA) is 28.2 Å². The number of nitrogens with one attached hydrogen (secondary N) is 1. The molecule has 104 valence electrons. The van der Waals surface area contributed by atoms with Gasteiger partial charge in [-0.1, -0.05) is 18.2 Å². The molecule has 20 heavy (non-hydrogen) atoms. The quantitative estimate of drug-likeness (QED) is 0.929. The molecule has 1 aliphatic rings. The maximum Gasteiger partial charge on any atom is 0.123 e. The summed E-state index contributed by atoms with van der Waals surface area (Å²) in [5.74, 6) is -0.183. The largest absolute Gasteiger partial charge is 0.314 e. The molecule has 0 spiro atoms. The van der Waals surface area contributed by atoms with Crippen LogP contribution in [0.3, 0.4) is 0 Å². The van der Waals surface area contributed by atoms with Crippen molar-refractivity contribution in [2.24, 2.45) is 0 Å². The molecule has 0 amide bonds. The van der Waals surface area contributed by atoms with Gasteiger partial charge >= 0.3 is 0 Å². The van der Waals surface area contributed by atoms with Gasteiger partial charge in [-0.05, 0) is 29.3 Å². The first-order valence-corrected chi connectivity index (χ1v) is 6.92. The molecule has 0 aliphatic carbocycles. The SMILES string of the molecule is Fc1ccc(CN2CCNCC2c2cccnc2)cc1. The highest BCUT2D eigenvalue weighted by Gasteiger charge is 2.23. The minimum absolute atomic E-state index is 0.183. The predicted molar refractivity (Wildman–Crippen MR) is 76.7 cm³/mol. The number of pyridine rings is 1. The van der Waals surface area contributed by atoms with E-state index in [0.717, 1.165) is 31.7 Å². The Hall–Kier alpha value is -1.78. The van der Waals surface area contributed by atoms with Crippen molar-refractivity contribution in [1.29, 1.82) is 0 Å². The van der Waals surface area contributed by atoms with Crippen molar-refractivity contribution in [3.05, 3.63) is 65.7 Å². The van der Waals surface area contributed by atoms with Crippen LogP contribution in [0.5, 0.6) is 0 Å². The average molecular weight is 271 g/mol. The van der Waals surface area contributed by atoms with E-state index in [1.807, 2.05) is 24.4 Å². The van der Waals surface area contributed by atoms with Gasteiger partial charge in [0.25, 0.3) is 0 Å². The molecule has 3 nitrogen and oxygen atoms in total. The standard InChI is InChI=1S/C16H18FN3/c17-15-5-3-13(4-6-15)12-20-9-8-19-11-16(20)14-2-1-7-18-10-14/h1-7,10,16,19H,8-9,11-12H2. The molecule has 2 heterocycles. The van der Waals surface area contributed by atoms with E-state index in [4.69, 9.17) is 0 Å². The van der Waals surface area contributed by atoms with Gasteiger partial charge < -0.3 is 5.32 Å². The first kappa shape index (κ1) is 13.2. The summed E-state index contributed by atoms with van der Waals surface area (Å²) in [7, 11) is 0. The van der Waals surface area contributed by atoms with E-state index in [1.165, 1.54) is 17.7 Å². The van der Waals surface area contributed by atoms with Gasteiger partial charge in [0, 0.05) is 44.6 Å². The van der Waals surface area contributed by atoms with Gasteiger partial charge in [-0.2, -0.15) is 0 Å². The van der Waals surface area contributed by atoms with Crippen molar-refractivity contribution in [2.45, 2.75) is 12.6 Å². The Morgan fingerprint density at radius 2 is 2.10 bits per heavy atom. The molecular formula is C16H18FN3. The lowest BCUT2D eigenvalue weighted by Gasteiger charge is -2.36. The van der Waals surface area contributed by atoms with Crippen molar-refractivity contribution in [2.75, 3.05) is 19.6 Å². The van der Waals surface area contributed by atoms with Gasteiger partial charge in [0.2, 0.25) is 0 Å². The highest BCUT2D eigenvalue weighted by molar-refractivity contribution is 5.19. The third kappa shape index (κ3) is 3.03. The molecule has 2 aromatic rings. The summed E-state index contributed by atoms with van der Waals surface area (Å²) in [6, 6.07) is 11.2. The van der Waals surface area contributed by atoms with E-state index < -0.39 is 0 Å². The summed E-state index contributed by atoms with van der Waals surface area (Å²) in [6.07, 6.45) is 3.72. The number of piperazine rings is 1. The second-order valence-corrected chi connectivity index (χ2v) is 5.10. The monoisotopic (exact) mass is 271 g/mol. The van der Waals surface area contributed by atoms with Gasteiger partial charge in [0.05, 0.1) is 0 Å². The summed E-state index contributed by atoms with van der Waals surface area (Å²) in [6.45, 7) is 3.73. The van der Waals surface area contributed by atoms with Crippen molar-refractivity contribution in [1.82, 2.24) is 15.2 Å². The molecule has 1 aromatic carbocycles. The number of hydrogen-bond acceptors (Lipinski definition) is 3. The fourth-order valence-electron chi connectivity index (χ4n) is 2.66. The van der Waals surface area contributed by atoms with Gasteiger partial charge in [-0.15, -0.1) is 0 Å². The fourth-order valence-corrected chi connectivity index (χ4v) is 2.66. The van der Waals surface area contributed by atoms with Gasteiger partial charge in [0.15, 0.2) is 0 Å². The average Bonchev–Trinajstić information content (AvgIpc) is 2.51. The Morgan fingerprint density at radius 3 is 2.85 bits per heavy atom. The highest BCUT2D eigenvalue weighted by atomic mass is 19.1. The van der Waals surface area contributed by atoms with Crippen LogP contribution in [0.25, 0.3) is 0 Å². The minimum atomic E-state index is -0.183. The van der Waals surface area contributed by atoms with E-state index in [0.29, 0.717) is 6.04 Å². The first-order valence-electron chi connectivity index (χ1n) is 6.92. The molecule has 4 heteroatoms. The van der Waals surface area contributed by atoms with E-state index in [1.54, 1.807) is 6.20 Å². The maximum atomic E-state index is 13.0. The Labute approximate surface area is 118 Å². The van der Waals surface area contributed by atoms with Gasteiger partial charge in [-0.3, -0.25) is 9.88 Å². The van der Waals surface area contributed by atoms with Crippen LogP contribution in [0.2, 0.25) is 0 Å². The molecule has 0 radical (unpaired) electrons. The molecule has 1 N–H and O–H groups in total. The lowest BCUT2D eigenvalue weighted by Crippen LogP contribution is -2.45. The van der Waals surface area contributed by atoms with E-state index in [9.17, 15) is 4.39 Å². The van der Waals surface area contributed by atoms with Crippen molar-refractivity contribution < 1.29 is 4.39 Å². The summed E-state index contributed by atoms with van der Waals surface area (Å²) in [4.78, 5) is 6.63. The van der Waals surface area contributed by atoms with Gasteiger partial charge in [-0.25, -0.2) is 4.39 Å². The van der Waals surface area contributed by atoms with Crippen molar-refractivity contribution in [3.63, 3.8) is 0 Å². The summed E-state index contributed by atoms with van der Waals surface area (Å²) in [5, 5.41) is 3.43. The molecule has 0 saturated carbocycles. The second-order valence-electron chi connectivity index (χ2n) is 5.10. The molecule has 1 atom stereocenters. The van der Waals surface area contributed by atoms with Crippen LogP contribution in [0.4, 0.5) is 4.39 Å². The number of nitrogens with zero attached hydrogens (tertiary/aromatic N) is 2. The molecule has 3 rings (SSSR count). The molecule has 1 aliphatic heterocycles. The third-order valence-electron chi connectivity index (χ3n) is 3.72. The first-order chi connectivity index (χ1) is 9.83. The second kappa shape index (κ2) is 6.11. The molecular weight excluding hydrogens is 253 g/mol. The van der Waals surface area contributed by atoms with Crippen LogP contribution in [0, 0.1) is 5.82 Å². The maximum absolute atomic E-state index is 13.0. The van der Waals surface area contributed by atoms with Crippen molar-refractivity contribution >= 4 is 0 Å². The smallest absolute Gasteiger partial charge is 0.123 e. The fraction of sp³-hybridized carbons (Fsp3) is 0.312. The van der Waals surface area contributed by atoms with Crippen LogP contribution >= 0.6 is 0 Å². The van der Waals surface area contributed by atoms with E-state index >= 15 is 0 Å². The van der Waals surface area contributed by atoms with Crippen LogP contribution < -0.4 is 5.32 Å². The third-order valence-corrected chi connectivity index (χ3v) is 3.72. The molecule has 1 aromatic heterocycles. The Balaban J connectivity index is 1.77. The normalized spacial score (nSPS) is 19.9. The lowest BCUT2D eigenvalue weighted by atomic mass is 10.0. The number of halogens is 1. The molecule has 1 saturated heterocycles. The summed E-state index contributed by atoms with van der Waals surface area (Å²) >= 11 is 0. The minimum Gasteiger partial charge on any atom is -0.314 e. The zero-order valence-electron chi connectivity index (χ0n) is 11.3. The number of benzene rings is 1. The van der Waals surface area contributed by atoms with Crippen LogP contribution in [0.1, 0.15) is 17.2 Å². The lowest BCUT2D eigenvalue weighted by molar-refractivity contribution is 0.153.